The van der Waals surface area contributed by atoms with Crippen molar-refractivity contribution in [3.8, 4) is 0 Å². The molecular weight excluding hydrogens is 150 g/mol. The van der Waals surface area contributed by atoms with Crippen molar-refractivity contribution in [3.05, 3.63) is 42.0 Å². The lowest BCUT2D eigenvalue weighted by Gasteiger charge is -2.17. The number of carbonyl (C=O) groups excluding carboxylic acids is 1. The van der Waals surface area contributed by atoms with Crippen molar-refractivity contribution >= 4 is 11.5 Å². The summed E-state index contributed by atoms with van der Waals surface area (Å²) in [5, 5.41) is 3.12. The number of ketones is 1. The lowest BCUT2D eigenvalue weighted by Crippen LogP contribution is -2.20. The van der Waals surface area contributed by atoms with Gasteiger partial charge in [0.25, 0.3) is 0 Å². The summed E-state index contributed by atoms with van der Waals surface area (Å²) >= 11 is 0. The summed E-state index contributed by atoms with van der Waals surface area (Å²) in [6.07, 6.45) is 0. The van der Waals surface area contributed by atoms with E-state index in [0.717, 1.165) is 11.3 Å². The smallest absolute Gasteiger partial charge is 0.192 e. The summed E-state index contributed by atoms with van der Waals surface area (Å²) in [4.78, 5) is 11.5. The number of para-hydroxylation sites is 1. The van der Waals surface area contributed by atoms with E-state index in [-0.39, 0.29) is 5.78 Å². The molecule has 0 bridgehead atoms. The Hall–Kier alpha value is -1.57. The number of hydrogen-bond donors (Lipinski definition) is 1. The van der Waals surface area contributed by atoms with E-state index in [1.807, 2.05) is 24.3 Å². The Morgan fingerprint density at radius 1 is 1.33 bits per heavy atom. The molecule has 1 N–H and O–H groups in total. The summed E-state index contributed by atoms with van der Waals surface area (Å²) in [6, 6.07) is 7.49. The summed E-state index contributed by atoms with van der Waals surface area (Å²) in [6.45, 7) is 4.25. The molecule has 2 nitrogen and oxygen atoms in total. The number of Topliss-reactive ketones (excluding diaryl/α,β-unsaturated/α-hetero) is 1. The highest BCUT2D eigenvalue weighted by molar-refractivity contribution is 6.13. The standard InChI is InChI=1S/C10H9NO/c1-7-6-11-9-5-3-2-4-8(9)10(7)12/h2-5,11H,1,6H2. The van der Waals surface area contributed by atoms with Crippen LogP contribution in [0.4, 0.5) is 5.69 Å². The van der Waals surface area contributed by atoms with E-state index in [4.69, 9.17) is 0 Å². The van der Waals surface area contributed by atoms with Crippen LogP contribution in [0.25, 0.3) is 0 Å². The molecule has 1 aliphatic rings. The van der Waals surface area contributed by atoms with Gasteiger partial charge in [-0.15, -0.1) is 0 Å². The van der Waals surface area contributed by atoms with E-state index in [0.29, 0.717) is 12.1 Å². The van der Waals surface area contributed by atoms with Gasteiger partial charge in [0.2, 0.25) is 0 Å². The van der Waals surface area contributed by atoms with Gasteiger partial charge >= 0.3 is 0 Å². The number of fused-ring (bicyclic) bond motifs is 1. The van der Waals surface area contributed by atoms with E-state index in [2.05, 4.69) is 11.9 Å². The van der Waals surface area contributed by atoms with Gasteiger partial charge in [0.05, 0.1) is 0 Å². The molecule has 0 unspecified atom stereocenters. The van der Waals surface area contributed by atoms with Crippen LogP contribution in [-0.4, -0.2) is 12.3 Å². The zero-order valence-corrected chi connectivity index (χ0v) is 6.63. The summed E-state index contributed by atoms with van der Waals surface area (Å²) in [5.74, 6) is 0.0596. The van der Waals surface area contributed by atoms with Gasteiger partial charge in [-0.2, -0.15) is 0 Å². The van der Waals surface area contributed by atoms with Crippen molar-refractivity contribution in [2.24, 2.45) is 0 Å². The van der Waals surface area contributed by atoms with E-state index in [9.17, 15) is 4.79 Å². The van der Waals surface area contributed by atoms with Crippen LogP contribution in [0, 0.1) is 0 Å². The van der Waals surface area contributed by atoms with Crippen molar-refractivity contribution in [1.82, 2.24) is 0 Å². The zero-order chi connectivity index (χ0) is 8.55. The summed E-state index contributed by atoms with van der Waals surface area (Å²) in [7, 11) is 0. The van der Waals surface area contributed by atoms with E-state index in [1.165, 1.54) is 0 Å². The topological polar surface area (TPSA) is 29.1 Å². The van der Waals surface area contributed by atoms with Gasteiger partial charge in [-0.25, -0.2) is 0 Å². The van der Waals surface area contributed by atoms with E-state index < -0.39 is 0 Å². The Labute approximate surface area is 70.9 Å². The van der Waals surface area contributed by atoms with E-state index in [1.54, 1.807) is 0 Å². The summed E-state index contributed by atoms with van der Waals surface area (Å²) in [5.41, 5.74) is 2.28. The van der Waals surface area contributed by atoms with Crippen LogP contribution in [0.2, 0.25) is 0 Å². The molecule has 0 spiro atoms. The van der Waals surface area contributed by atoms with E-state index >= 15 is 0 Å². The first-order chi connectivity index (χ1) is 5.79. The van der Waals surface area contributed by atoms with Crippen molar-refractivity contribution < 1.29 is 4.79 Å². The molecule has 0 amide bonds. The molecule has 0 saturated carbocycles. The van der Waals surface area contributed by atoms with Crippen LogP contribution in [-0.2, 0) is 0 Å². The Morgan fingerprint density at radius 3 is 2.92 bits per heavy atom. The summed E-state index contributed by atoms with van der Waals surface area (Å²) < 4.78 is 0. The highest BCUT2D eigenvalue weighted by atomic mass is 16.1. The monoisotopic (exact) mass is 159 g/mol. The lowest BCUT2D eigenvalue weighted by atomic mass is 9.99. The Balaban J connectivity index is 2.56. The first kappa shape index (κ1) is 7.10. The minimum atomic E-state index is 0.0596. The predicted molar refractivity (Wildman–Crippen MR) is 48.4 cm³/mol. The average Bonchev–Trinajstić information content (AvgIpc) is 2.12. The zero-order valence-electron chi connectivity index (χ0n) is 6.63. The van der Waals surface area contributed by atoms with Gasteiger partial charge in [-0.05, 0) is 12.1 Å². The van der Waals surface area contributed by atoms with Gasteiger partial charge in [0, 0.05) is 23.4 Å². The van der Waals surface area contributed by atoms with Crippen molar-refractivity contribution in [2.45, 2.75) is 0 Å². The fourth-order valence-corrected chi connectivity index (χ4v) is 1.31. The van der Waals surface area contributed by atoms with Gasteiger partial charge in [-0.1, -0.05) is 18.7 Å². The highest BCUT2D eigenvalue weighted by Gasteiger charge is 2.18. The molecule has 0 fully saturated rings. The third kappa shape index (κ3) is 0.925. The van der Waals surface area contributed by atoms with Crippen molar-refractivity contribution in [1.29, 1.82) is 0 Å². The predicted octanol–water partition coefficient (Wildman–Crippen LogP) is 1.85. The van der Waals surface area contributed by atoms with Gasteiger partial charge in [0.15, 0.2) is 5.78 Å². The molecule has 0 aromatic heterocycles. The maximum absolute atomic E-state index is 11.5. The largest absolute Gasteiger partial charge is 0.380 e. The third-order valence-electron chi connectivity index (χ3n) is 1.99. The second-order valence-corrected chi connectivity index (χ2v) is 2.83. The molecule has 0 radical (unpaired) electrons. The number of rotatable bonds is 0. The van der Waals surface area contributed by atoms with Crippen LogP contribution in [0.1, 0.15) is 10.4 Å². The molecule has 1 aromatic carbocycles. The van der Waals surface area contributed by atoms with Gasteiger partial charge < -0.3 is 5.32 Å². The Morgan fingerprint density at radius 2 is 2.08 bits per heavy atom. The molecule has 0 aliphatic carbocycles. The second-order valence-electron chi connectivity index (χ2n) is 2.83. The number of hydrogen-bond acceptors (Lipinski definition) is 2. The number of benzene rings is 1. The van der Waals surface area contributed by atoms with Crippen LogP contribution < -0.4 is 5.32 Å². The Bertz CT molecular complexity index is 355. The highest BCUT2D eigenvalue weighted by Crippen LogP contribution is 2.22. The third-order valence-corrected chi connectivity index (χ3v) is 1.99. The quantitative estimate of drug-likeness (QED) is 0.585. The number of nitrogens with one attached hydrogen (secondary N) is 1. The first-order valence-corrected chi connectivity index (χ1v) is 3.84. The molecule has 60 valence electrons. The molecule has 1 heterocycles. The Kier molecular flexibility index (Phi) is 1.47. The molecule has 0 saturated heterocycles. The van der Waals surface area contributed by atoms with Crippen LogP contribution >= 0.6 is 0 Å². The molecule has 2 heteroatoms. The first-order valence-electron chi connectivity index (χ1n) is 3.84. The van der Waals surface area contributed by atoms with Gasteiger partial charge in [-0.3, -0.25) is 4.79 Å². The van der Waals surface area contributed by atoms with Crippen molar-refractivity contribution in [2.75, 3.05) is 11.9 Å². The van der Waals surface area contributed by atoms with Crippen LogP contribution in [0.5, 0.6) is 0 Å². The minimum absolute atomic E-state index is 0.0596. The maximum atomic E-state index is 11.5. The number of anilines is 1. The molecule has 1 aliphatic heterocycles. The second kappa shape index (κ2) is 2.48. The number of carbonyl (C=O) groups is 1. The molecule has 12 heavy (non-hydrogen) atoms. The molecule has 2 rings (SSSR count). The maximum Gasteiger partial charge on any atom is 0.192 e. The van der Waals surface area contributed by atoms with Crippen molar-refractivity contribution in [3.63, 3.8) is 0 Å². The average molecular weight is 159 g/mol. The fraction of sp³-hybridized carbons (Fsp3) is 0.100. The molecular formula is C10H9NO. The normalized spacial score (nSPS) is 15.3. The van der Waals surface area contributed by atoms with Crippen LogP contribution in [0.15, 0.2) is 36.4 Å². The lowest BCUT2D eigenvalue weighted by molar-refractivity contribution is 0.103. The van der Waals surface area contributed by atoms with Gasteiger partial charge in [0.1, 0.15) is 0 Å². The molecule has 0 atom stereocenters. The minimum Gasteiger partial charge on any atom is -0.380 e. The fourth-order valence-electron chi connectivity index (χ4n) is 1.31. The SMILES string of the molecule is C=C1CNc2ccccc2C1=O. The van der Waals surface area contributed by atoms with Crippen LogP contribution in [0.3, 0.4) is 0 Å². The molecule has 1 aromatic rings.